The Morgan fingerprint density at radius 2 is 1.42 bits per heavy atom. The van der Waals surface area contributed by atoms with E-state index in [1.165, 1.54) is 38.5 Å². The van der Waals surface area contributed by atoms with E-state index in [4.69, 9.17) is 18.9 Å². The molecule has 1 unspecified atom stereocenters. The van der Waals surface area contributed by atoms with Gasteiger partial charge in [-0.1, -0.05) is 71.8 Å². The normalized spacial score (nSPS) is 53.6. The minimum atomic E-state index is -0.500. The van der Waals surface area contributed by atoms with Gasteiger partial charge < -0.3 is 18.9 Å². The number of rotatable bonds is 1. The minimum absolute atomic E-state index is 0.00637. The molecule has 0 N–H and O–H groups in total. The van der Waals surface area contributed by atoms with Gasteiger partial charge in [-0.15, -0.1) is 0 Å². The van der Waals surface area contributed by atoms with Gasteiger partial charge in [0.15, 0.2) is 24.2 Å². The summed E-state index contributed by atoms with van der Waals surface area (Å²) in [6, 6.07) is 0. The van der Waals surface area contributed by atoms with Crippen molar-refractivity contribution in [2.24, 2.45) is 38.9 Å². The van der Waals surface area contributed by atoms with Crippen LogP contribution in [0.15, 0.2) is 23.3 Å². The molecule has 1 spiro atoms. The number of hydrogen-bond acceptors (Lipinski definition) is 4. The molecule has 2 aliphatic heterocycles. The second kappa shape index (κ2) is 6.90. The van der Waals surface area contributed by atoms with Crippen LogP contribution in [0.2, 0.25) is 0 Å². The maximum absolute atomic E-state index is 6.69. The van der Waals surface area contributed by atoms with Gasteiger partial charge >= 0.3 is 0 Å². The fourth-order valence-electron chi connectivity index (χ4n) is 10.1. The Morgan fingerprint density at radius 1 is 0.750 bits per heavy atom. The minimum Gasteiger partial charge on any atom is -0.320 e. The maximum atomic E-state index is 6.69. The summed E-state index contributed by atoms with van der Waals surface area (Å²) < 4.78 is 26.3. The zero-order valence-corrected chi connectivity index (χ0v) is 24.0. The van der Waals surface area contributed by atoms with Crippen molar-refractivity contribution < 1.29 is 18.9 Å². The fourth-order valence-corrected chi connectivity index (χ4v) is 10.1. The lowest BCUT2D eigenvalue weighted by atomic mass is 9.45. The second-order valence-corrected chi connectivity index (χ2v) is 16.0. The topological polar surface area (TPSA) is 36.9 Å². The standard InChI is InChI=1S/C32H48O4/c1-26(2,3)24-33-29(8,34-24)31-17-15-30(16-18-31)23-10-9-20-19-32(35-25(36-32)27(4,5)6)14-12-21(20)22(23)11-13-28(30,31)7/h15,17,22-25H,9-14,16,18-19H2,1-8H3/t22-,23-,24?,25?,28+,29?,30?,31+,32?/m1/s1. The van der Waals surface area contributed by atoms with E-state index in [0.29, 0.717) is 0 Å². The quantitative estimate of drug-likeness (QED) is 0.346. The van der Waals surface area contributed by atoms with Crippen molar-refractivity contribution in [1.82, 2.24) is 0 Å². The highest BCUT2D eigenvalue weighted by Crippen LogP contribution is 2.81. The van der Waals surface area contributed by atoms with Crippen LogP contribution in [0.1, 0.15) is 113 Å². The van der Waals surface area contributed by atoms with E-state index in [1.54, 1.807) is 11.1 Å². The van der Waals surface area contributed by atoms with Crippen LogP contribution in [0.25, 0.3) is 0 Å². The molecule has 0 aromatic heterocycles. The molecular formula is C32H48O4. The van der Waals surface area contributed by atoms with Crippen LogP contribution in [0.3, 0.4) is 0 Å². The third-order valence-corrected chi connectivity index (χ3v) is 12.2. The Hall–Kier alpha value is -0.680. The van der Waals surface area contributed by atoms with Gasteiger partial charge in [-0.3, -0.25) is 0 Å². The molecule has 200 valence electrons. The molecule has 7 aliphatic rings. The number of hydrogen-bond donors (Lipinski definition) is 0. The Balaban J connectivity index is 1.14. The molecule has 4 heteroatoms. The van der Waals surface area contributed by atoms with Crippen molar-refractivity contribution in [3.63, 3.8) is 0 Å². The largest absolute Gasteiger partial charge is 0.320 e. The maximum Gasteiger partial charge on any atom is 0.181 e. The molecule has 5 aliphatic carbocycles. The van der Waals surface area contributed by atoms with Gasteiger partial charge in [0.05, 0.1) is 0 Å². The van der Waals surface area contributed by atoms with Crippen molar-refractivity contribution in [1.29, 1.82) is 0 Å². The van der Waals surface area contributed by atoms with E-state index in [-0.39, 0.29) is 45.4 Å². The summed E-state index contributed by atoms with van der Waals surface area (Å²) >= 11 is 0. The van der Waals surface area contributed by atoms with Crippen LogP contribution in [0.5, 0.6) is 0 Å². The van der Waals surface area contributed by atoms with Gasteiger partial charge in [0.25, 0.3) is 0 Å². The molecule has 2 saturated heterocycles. The average Bonchev–Trinajstić information content (AvgIpc) is 3.18. The summed E-state index contributed by atoms with van der Waals surface area (Å²) in [7, 11) is 0. The highest BCUT2D eigenvalue weighted by atomic mass is 16.9. The molecule has 0 aromatic carbocycles. The van der Waals surface area contributed by atoms with Gasteiger partial charge in [-0.25, -0.2) is 0 Å². The molecule has 0 amide bonds. The highest BCUT2D eigenvalue weighted by molar-refractivity contribution is 5.40. The first-order chi connectivity index (χ1) is 16.7. The van der Waals surface area contributed by atoms with E-state index >= 15 is 0 Å². The van der Waals surface area contributed by atoms with Crippen molar-refractivity contribution in [2.75, 3.05) is 0 Å². The van der Waals surface area contributed by atoms with Crippen LogP contribution >= 0.6 is 0 Å². The van der Waals surface area contributed by atoms with Crippen molar-refractivity contribution in [3.8, 4) is 0 Å². The summed E-state index contributed by atoms with van der Waals surface area (Å²) in [6.45, 7) is 18.1. The molecule has 2 bridgehead atoms. The summed E-state index contributed by atoms with van der Waals surface area (Å²) in [5, 5.41) is 0. The van der Waals surface area contributed by atoms with Gasteiger partial charge in [-0.05, 0) is 74.5 Å². The average molecular weight is 497 g/mol. The SMILES string of the molecule is CC(C)(C)C1OC2(CCC3=C(CC[C@@H]4[C@@H]3CC[C@@]3(C)C45C=C[C@]3(C3(C)OC(C(C)(C)C)O3)CC5)C2)O1. The molecule has 0 aromatic rings. The van der Waals surface area contributed by atoms with Crippen LogP contribution in [0.4, 0.5) is 0 Å². The van der Waals surface area contributed by atoms with Crippen LogP contribution in [-0.2, 0) is 18.9 Å². The van der Waals surface area contributed by atoms with Gasteiger partial charge in [0.2, 0.25) is 0 Å². The molecule has 7 rings (SSSR count). The van der Waals surface area contributed by atoms with Crippen LogP contribution < -0.4 is 0 Å². The summed E-state index contributed by atoms with van der Waals surface area (Å²) in [6.07, 6.45) is 15.8. The lowest BCUT2D eigenvalue weighted by Gasteiger charge is -2.64. The number of allylic oxidation sites excluding steroid dienone is 2. The smallest absolute Gasteiger partial charge is 0.181 e. The summed E-state index contributed by atoms with van der Waals surface area (Å²) in [4.78, 5) is 0. The third-order valence-electron chi connectivity index (χ3n) is 12.2. The molecule has 2 saturated carbocycles. The van der Waals surface area contributed by atoms with Gasteiger partial charge in [0, 0.05) is 29.1 Å². The first-order valence-electron chi connectivity index (χ1n) is 14.8. The lowest BCUT2D eigenvalue weighted by Crippen LogP contribution is -2.68. The van der Waals surface area contributed by atoms with E-state index in [9.17, 15) is 0 Å². The molecule has 4 fully saturated rings. The fraction of sp³-hybridized carbons (Fsp3) is 0.875. The first kappa shape index (κ1) is 24.4. The first-order valence-corrected chi connectivity index (χ1v) is 14.8. The third kappa shape index (κ3) is 2.76. The van der Waals surface area contributed by atoms with Gasteiger partial charge in [-0.2, -0.15) is 0 Å². The number of fused-ring (bicyclic) bond motifs is 2. The zero-order valence-electron chi connectivity index (χ0n) is 24.0. The molecule has 5 atom stereocenters. The summed E-state index contributed by atoms with van der Waals surface area (Å²) in [5.41, 5.74) is 4.01. The monoisotopic (exact) mass is 496 g/mol. The predicted octanol–water partition coefficient (Wildman–Crippen LogP) is 7.88. The van der Waals surface area contributed by atoms with Crippen LogP contribution in [-0.4, -0.2) is 24.2 Å². The highest BCUT2D eigenvalue weighted by Gasteiger charge is 2.78. The Bertz CT molecular complexity index is 1030. The lowest BCUT2D eigenvalue weighted by molar-refractivity contribution is -0.502. The molecule has 0 radical (unpaired) electrons. The Morgan fingerprint density at radius 3 is 2.03 bits per heavy atom. The van der Waals surface area contributed by atoms with E-state index < -0.39 is 5.79 Å². The number of ether oxygens (including phenoxy) is 4. The van der Waals surface area contributed by atoms with Crippen molar-refractivity contribution in [2.45, 2.75) is 137 Å². The molecule has 36 heavy (non-hydrogen) atoms. The molecule has 2 heterocycles. The summed E-state index contributed by atoms with van der Waals surface area (Å²) in [5.74, 6) is 0.643. The Labute approximate surface area is 218 Å². The predicted molar refractivity (Wildman–Crippen MR) is 140 cm³/mol. The van der Waals surface area contributed by atoms with Crippen molar-refractivity contribution >= 4 is 0 Å². The molecular weight excluding hydrogens is 448 g/mol. The zero-order chi connectivity index (χ0) is 25.6. The van der Waals surface area contributed by atoms with E-state index in [2.05, 4.69) is 67.5 Å². The second-order valence-electron chi connectivity index (χ2n) is 16.0. The van der Waals surface area contributed by atoms with Crippen molar-refractivity contribution in [3.05, 3.63) is 23.3 Å². The van der Waals surface area contributed by atoms with E-state index in [1.807, 2.05) is 0 Å². The van der Waals surface area contributed by atoms with Gasteiger partial charge in [0.1, 0.15) is 0 Å². The van der Waals surface area contributed by atoms with Crippen LogP contribution in [0, 0.1) is 38.9 Å². The Kier molecular flexibility index (Phi) is 4.67. The van der Waals surface area contributed by atoms with E-state index in [0.717, 1.165) is 31.1 Å². The molecule has 4 nitrogen and oxygen atoms in total.